The van der Waals surface area contributed by atoms with Crippen molar-refractivity contribution in [2.75, 3.05) is 23.3 Å². The molecule has 44 heavy (non-hydrogen) atoms. The fourth-order valence-corrected chi connectivity index (χ4v) is 5.63. The Kier molecular flexibility index (Phi) is 8.70. The Labute approximate surface area is 250 Å². The molecule has 0 spiro atoms. The highest BCUT2D eigenvalue weighted by molar-refractivity contribution is 6.08. The third-order valence-electron chi connectivity index (χ3n) is 7.68. The van der Waals surface area contributed by atoms with Crippen LogP contribution < -0.4 is 15.5 Å². The average molecular weight is 621 g/mol. The number of aromatic nitrogens is 5. The number of carboxylic acid groups (broad SMARTS) is 1. The highest BCUT2D eigenvalue weighted by Gasteiger charge is 2.32. The van der Waals surface area contributed by atoms with Gasteiger partial charge in [0.05, 0.1) is 36.4 Å². The molecule has 5 rings (SSSR count). The third kappa shape index (κ3) is 7.05. The third-order valence-corrected chi connectivity index (χ3v) is 7.68. The lowest BCUT2D eigenvalue weighted by atomic mass is 9.86. The number of nitrogens with one attached hydrogen (secondary N) is 2. The number of carbonyl (C=O) groups is 3. The lowest BCUT2D eigenvalue weighted by Gasteiger charge is -2.36. The van der Waals surface area contributed by atoms with Gasteiger partial charge in [-0.2, -0.15) is 10.2 Å². The van der Waals surface area contributed by atoms with Crippen molar-refractivity contribution >= 4 is 35.1 Å². The second kappa shape index (κ2) is 12.3. The van der Waals surface area contributed by atoms with E-state index < -0.39 is 53.8 Å². The number of piperidine rings is 1. The molecule has 2 fully saturated rings. The highest BCUT2D eigenvalue weighted by atomic mass is 19.3. The van der Waals surface area contributed by atoms with Crippen molar-refractivity contribution in [3.63, 3.8) is 0 Å². The predicted molar refractivity (Wildman–Crippen MR) is 152 cm³/mol. The van der Waals surface area contributed by atoms with Crippen LogP contribution in [0.25, 0.3) is 5.65 Å². The van der Waals surface area contributed by atoms with Crippen LogP contribution in [-0.2, 0) is 9.53 Å². The summed E-state index contributed by atoms with van der Waals surface area (Å²) in [6.07, 6.45) is 1.06. The van der Waals surface area contributed by atoms with Crippen LogP contribution in [-0.4, -0.2) is 78.4 Å². The van der Waals surface area contributed by atoms with Crippen molar-refractivity contribution in [1.82, 2.24) is 29.7 Å². The molecule has 1 aliphatic heterocycles. The SMILES string of the molecule is CC(C)(C)OC(=O)N[C@@H]1C[C@@H](F)CN(c2ccn3ncc(C(=O)Nc4cn(C5CCC(C(=O)O)CC5)nc4C(F)F)c3n2)C1. The van der Waals surface area contributed by atoms with Gasteiger partial charge in [-0.1, -0.05) is 0 Å². The molecule has 1 saturated heterocycles. The minimum Gasteiger partial charge on any atom is -0.481 e. The van der Waals surface area contributed by atoms with Crippen LogP contribution >= 0.6 is 0 Å². The minimum absolute atomic E-state index is 0.000907. The van der Waals surface area contributed by atoms with Gasteiger partial charge in [-0.15, -0.1) is 0 Å². The van der Waals surface area contributed by atoms with Gasteiger partial charge in [-0.05, 0) is 52.5 Å². The zero-order chi connectivity index (χ0) is 31.8. The summed E-state index contributed by atoms with van der Waals surface area (Å²) in [7, 11) is 0. The van der Waals surface area contributed by atoms with E-state index in [0.717, 1.165) is 0 Å². The summed E-state index contributed by atoms with van der Waals surface area (Å²) in [5.41, 5.74) is -1.37. The molecule has 13 nitrogen and oxygen atoms in total. The smallest absolute Gasteiger partial charge is 0.407 e. The summed E-state index contributed by atoms with van der Waals surface area (Å²) in [5, 5.41) is 22.6. The number of hydrogen-bond acceptors (Lipinski definition) is 8. The summed E-state index contributed by atoms with van der Waals surface area (Å²) in [5.74, 6) is -1.76. The number of hydrogen-bond donors (Lipinski definition) is 3. The number of amides is 2. The van der Waals surface area contributed by atoms with Crippen molar-refractivity contribution in [2.45, 2.75) is 83.2 Å². The Morgan fingerprint density at radius 1 is 1.14 bits per heavy atom. The number of carboxylic acids is 1. The van der Waals surface area contributed by atoms with Crippen LogP contribution in [0.5, 0.6) is 0 Å². The molecule has 3 aromatic heterocycles. The molecular formula is C28H35F3N8O5. The van der Waals surface area contributed by atoms with Gasteiger partial charge in [0.2, 0.25) is 0 Å². The van der Waals surface area contributed by atoms with Gasteiger partial charge in [-0.25, -0.2) is 27.5 Å². The van der Waals surface area contributed by atoms with Crippen LogP contribution in [0.2, 0.25) is 0 Å². The number of fused-ring (bicyclic) bond motifs is 1. The van der Waals surface area contributed by atoms with E-state index in [2.05, 4.69) is 25.8 Å². The van der Waals surface area contributed by atoms with Gasteiger partial charge >= 0.3 is 12.1 Å². The molecule has 0 aromatic carbocycles. The number of rotatable bonds is 7. The van der Waals surface area contributed by atoms with Crippen molar-refractivity contribution in [3.05, 3.63) is 35.9 Å². The Morgan fingerprint density at radius 2 is 1.86 bits per heavy atom. The summed E-state index contributed by atoms with van der Waals surface area (Å²) in [6.45, 7) is 5.43. The number of nitrogens with zero attached hydrogens (tertiary/aromatic N) is 6. The first-order chi connectivity index (χ1) is 20.8. The van der Waals surface area contributed by atoms with Crippen LogP contribution in [0.4, 0.5) is 29.5 Å². The molecule has 0 radical (unpaired) electrons. The molecular weight excluding hydrogens is 585 g/mol. The maximum absolute atomic E-state index is 14.7. The van der Waals surface area contributed by atoms with E-state index in [1.165, 1.54) is 21.6 Å². The van der Waals surface area contributed by atoms with E-state index in [4.69, 9.17) is 4.74 Å². The van der Waals surface area contributed by atoms with Gasteiger partial charge in [0.15, 0.2) is 11.3 Å². The zero-order valence-corrected chi connectivity index (χ0v) is 24.5. The quantitative estimate of drug-likeness (QED) is 0.349. The Hall–Kier alpha value is -4.37. The Balaban J connectivity index is 1.32. The van der Waals surface area contributed by atoms with Crippen molar-refractivity contribution in [3.8, 4) is 0 Å². The molecule has 0 bridgehead atoms. The lowest BCUT2D eigenvalue weighted by molar-refractivity contribution is -0.143. The van der Waals surface area contributed by atoms with E-state index in [1.807, 2.05) is 0 Å². The largest absolute Gasteiger partial charge is 0.481 e. The molecule has 2 amide bonds. The monoisotopic (exact) mass is 620 g/mol. The van der Waals surface area contributed by atoms with Crippen molar-refractivity contribution < 1.29 is 37.4 Å². The molecule has 1 saturated carbocycles. The van der Waals surface area contributed by atoms with Crippen LogP contribution in [0.1, 0.15) is 81.4 Å². The molecule has 3 aromatic rings. The van der Waals surface area contributed by atoms with Crippen LogP contribution in [0, 0.1) is 5.92 Å². The standard InChI is InChI=1S/C28H35F3N8O5/c1-28(2,3)44-27(43)33-17-10-16(29)12-37(13-17)21-8-9-38-24(35-21)19(11-32-38)25(40)34-20-14-39(36-22(20)23(30)31)18-6-4-15(5-7-18)26(41)42/h8-9,11,14-18,23H,4-7,10,12-13H2,1-3H3,(H,33,43)(H,34,40)(H,41,42)/t15?,16-,17-,18?/m1/s1. The number of alkyl carbamates (subject to hydrolysis) is 1. The van der Waals surface area contributed by atoms with E-state index in [-0.39, 0.29) is 42.5 Å². The first-order valence-electron chi connectivity index (χ1n) is 14.4. The first-order valence-corrected chi connectivity index (χ1v) is 14.4. The number of ether oxygens (including phenoxy) is 1. The number of aliphatic carboxylic acids is 1. The Bertz CT molecular complexity index is 1530. The molecule has 238 valence electrons. The van der Waals surface area contributed by atoms with Crippen molar-refractivity contribution in [2.24, 2.45) is 5.92 Å². The van der Waals surface area contributed by atoms with Crippen molar-refractivity contribution in [1.29, 1.82) is 0 Å². The fourth-order valence-electron chi connectivity index (χ4n) is 5.63. The molecule has 16 heteroatoms. The molecule has 4 heterocycles. The van der Waals surface area contributed by atoms with Gasteiger partial charge in [0.25, 0.3) is 12.3 Å². The summed E-state index contributed by atoms with van der Waals surface area (Å²) < 4.78 is 50.5. The Morgan fingerprint density at radius 3 is 2.52 bits per heavy atom. The van der Waals surface area contributed by atoms with Crippen LogP contribution in [0.3, 0.4) is 0 Å². The number of halogens is 3. The number of alkyl halides is 3. The maximum atomic E-state index is 14.7. The maximum Gasteiger partial charge on any atom is 0.407 e. The lowest BCUT2D eigenvalue weighted by Crippen LogP contribution is -2.52. The summed E-state index contributed by atoms with van der Waals surface area (Å²) >= 11 is 0. The minimum atomic E-state index is -2.97. The number of anilines is 2. The predicted octanol–water partition coefficient (Wildman–Crippen LogP) is 4.37. The van der Waals surface area contributed by atoms with Gasteiger partial charge in [0.1, 0.15) is 23.2 Å². The highest BCUT2D eigenvalue weighted by Crippen LogP contribution is 2.35. The molecule has 2 aliphatic rings. The van der Waals surface area contributed by atoms with Gasteiger partial charge in [0, 0.05) is 25.4 Å². The molecule has 1 aliphatic carbocycles. The van der Waals surface area contributed by atoms with E-state index in [9.17, 15) is 32.7 Å². The topological polar surface area (TPSA) is 156 Å². The van der Waals surface area contributed by atoms with E-state index in [0.29, 0.717) is 31.5 Å². The van der Waals surface area contributed by atoms with Crippen LogP contribution in [0.15, 0.2) is 24.7 Å². The van der Waals surface area contributed by atoms with Gasteiger partial charge in [-0.3, -0.25) is 14.3 Å². The second-order valence-electron chi connectivity index (χ2n) is 12.2. The average Bonchev–Trinajstić information content (AvgIpc) is 3.56. The summed E-state index contributed by atoms with van der Waals surface area (Å²) in [4.78, 5) is 43.0. The molecule has 3 N–H and O–H groups in total. The summed E-state index contributed by atoms with van der Waals surface area (Å²) in [6, 6.07) is 0.776. The zero-order valence-electron chi connectivity index (χ0n) is 24.5. The normalized spacial score (nSPS) is 22.7. The van der Waals surface area contributed by atoms with E-state index in [1.54, 1.807) is 37.9 Å². The second-order valence-corrected chi connectivity index (χ2v) is 12.2. The van der Waals surface area contributed by atoms with Gasteiger partial charge < -0.3 is 25.4 Å². The molecule has 2 atom stereocenters. The fraction of sp³-hybridized carbons (Fsp3) is 0.571. The van der Waals surface area contributed by atoms with E-state index >= 15 is 0 Å². The number of carbonyl (C=O) groups excluding carboxylic acids is 2. The first kappa shape index (κ1) is 31.1. The molecule has 0 unspecified atom stereocenters.